The first-order valence-corrected chi connectivity index (χ1v) is 8.79. The summed E-state index contributed by atoms with van der Waals surface area (Å²) < 4.78 is 6.97. The largest absolute Gasteiger partial charge is 0.491 e. The number of piperidine rings is 1. The van der Waals surface area contributed by atoms with Crippen LogP contribution >= 0.6 is 0 Å². The first-order valence-electron chi connectivity index (χ1n) is 8.79. The van der Waals surface area contributed by atoms with E-state index in [2.05, 4.69) is 17.1 Å². The van der Waals surface area contributed by atoms with Crippen LogP contribution in [0.2, 0.25) is 0 Å². The summed E-state index contributed by atoms with van der Waals surface area (Å²) in [7, 11) is 1.48. The zero-order valence-corrected chi connectivity index (χ0v) is 15.0. The van der Waals surface area contributed by atoms with Gasteiger partial charge in [-0.25, -0.2) is 0 Å². The SMILES string of the molecule is CCCNC(=O)Cn1cc(OC)c(=O)cc1CN1CCC(C)CC1. The highest BCUT2D eigenvalue weighted by Crippen LogP contribution is 2.18. The van der Waals surface area contributed by atoms with Crippen molar-refractivity contribution in [1.29, 1.82) is 0 Å². The molecule has 0 saturated carbocycles. The Morgan fingerprint density at radius 2 is 2.08 bits per heavy atom. The van der Waals surface area contributed by atoms with E-state index >= 15 is 0 Å². The standard InChI is InChI=1S/C18H29N3O3/c1-4-7-19-18(23)13-21-12-17(24-3)16(22)10-15(21)11-20-8-5-14(2)6-9-20/h10,12,14H,4-9,11,13H2,1-3H3,(H,19,23). The third-order valence-electron chi connectivity index (χ3n) is 4.55. The zero-order valence-electron chi connectivity index (χ0n) is 15.0. The molecule has 1 amide bonds. The van der Waals surface area contributed by atoms with Crippen LogP contribution in [0, 0.1) is 5.92 Å². The van der Waals surface area contributed by atoms with Crippen molar-refractivity contribution in [2.75, 3.05) is 26.7 Å². The fourth-order valence-electron chi connectivity index (χ4n) is 2.95. The number of nitrogens with zero attached hydrogens (tertiary/aromatic N) is 2. The van der Waals surface area contributed by atoms with Crippen molar-refractivity contribution in [3.05, 3.63) is 28.2 Å². The molecule has 134 valence electrons. The summed E-state index contributed by atoms with van der Waals surface area (Å²) in [6.45, 7) is 7.91. The Morgan fingerprint density at radius 1 is 1.38 bits per heavy atom. The first kappa shape index (κ1) is 18.5. The lowest BCUT2D eigenvalue weighted by Crippen LogP contribution is -2.35. The average molecular weight is 335 g/mol. The average Bonchev–Trinajstić information content (AvgIpc) is 2.57. The molecule has 1 aromatic rings. The maximum absolute atomic E-state index is 12.1. The van der Waals surface area contributed by atoms with Gasteiger partial charge in [-0.05, 0) is 38.3 Å². The summed E-state index contributed by atoms with van der Waals surface area (Å²) in [5.74, 6) is 0.990. The summed E-state index contributed by atoms with van der Waals surface area (Å²) in [6, 6.07) is 1.60. The van der Waals surface area contributed by atoms with Crippen LogP contribution in [0.15, 0.2) is 17.1 Å². The Morgan fingerprint density at radius 3 is 2.71 bits per heavy atom. The molecule has 2 heterocycles. The van der Waals surface area contributed by atoms with E-state index in [-0.39, 0.29) is 23.6 Å². The van der Waals surface area contributed by atoms with Crippen molar-refractivity contribution in [3.8, 4) is 5.75 Å². The third kappa shape index (κ3) is 5.09. The number of rotatable bonds is 7. The number of carbonyl (C=O) groups excluding carboxylic acids is 1. The summed E-state index contributed by atoms with van der Waals surface area (Å²) in [5, 5.41) is 2.88. The fourth-order valence-corrected chi connectivity index (χ4v) is 2.95. The lowest BCUT2D eigenvalue weighted by atomic mass is 9.99. The number of nitrogens with one attached hydrogen (secondary N) is 1. The number of pyridine rings is 1. The number of carbonyl (C=O) groups is 1. The predicted octanol–water partition coefficient (Wildman–Crippen LogP) is 1.61. The monoisotopic (exact) mass is 335 g/mol. The van der Waals surface area contributed by atoms with Crippen LogP contribution in [0.3, 0.4) is 0 Å². The number of amides is 1. The van der Waals surface area contributed by atoms with E-state index in [1.54, 1.807) is 12.3 Å². The quantitative estimate of drug-likeness (QED) is 0.822. The van der Waals surface area contributed by atoms with Crippen LogP contribution < -0.4 is 15.5 Å². The molecule has 1 fully saturated rings. The molecule has 0 bridgehead atoms. The Kier molecular flexibility index (Phi) is 6.85. The first-order chi connectivity index (χ1) is 11.5. The van der Waals surface area contributed by atoms with Crippen molar-refractivity contribution in [3.63, 3.8) is 0 Å². The van der Waals surface area contributed by atoms with Crippen molar-refractivity contribution >= 4 is 5.91 Å². The van der Waals surface area contributed by atoms with Crippen LogP contribution in [0.4, 0.5) is 0 Å². The van der Waals surface area contributed by atoms with Crippen molar-refractivity contribution in [2.24, 2.45) is 5.92 Å². The summed E-state index contributed by atoms with van der Waals surface area (Å²) >= 11 is 0. The van der Waals surface area contributed by atoms with Gasteiger partial charge in [0.15, 0.2) is 5.75 Å². The van der Waals surface area contributed by atoms with Crippen molar-refractivity contribution < 1.29 is 9.53 Å². The molecule has 0 unspecified atom stereocenters. The molecule has 1 aliphatic rings. The van der Waals surface area contributed by atoms with Gasteiger partial charge in [0, 0.05) is 24.8 Å². The summed E-state index contributed by atoms with van der Waals surface area (Å²) in [5.41, 5.74) is 0.727. The summed E-state index contributed by atoms with van der Waals surface area (Å²) in [6.07, 6.45) is 4.91. The molecule has 6 heteroatoms. The van der Waals surface area contributed by atoms with Crippen LogP contribution in [-0.2, 0) is 17.9 Å². The number of ether oxygens (including phenoxy) is 1. The second-order valence-corrected chi connectivity index (χ2v) is 6.63. The molecule has 0 aliphatic carbocycles. The Balaban J connectivity index is 2.16. The van der Waals surface area contributed by atoms with Crippen molar-refractivity contribution in [2.45, 2.75) is 46.2 Å². The van der Waals surface area contributed by atoms with Gasteiger partial charge in [-0.1, -0.05) is 13.8 Å². The minimum Gasteiger partial charge on any atom is -0.491 e. The maximum atomic E-state index is 12.1. The lowest BCUT2D eigenvalue weighted by molar-refractivity contribution is -0.121. The highest BCUT2D eigenvalue weighted by Gasteiger charge is 2.18. The molecule has 2 rings (SSSR count). The maximum Gasteiger partial charge on any atom is 0.239 e. The van der Waals surface area contributed by atoms with E-state index in [9.17, 15) is 9.59 Å². The Labute approximate surface area is 143 Å². The minimum atomic E-state index is -0.136. The van der Waals surface area contributed by atoms with Gasteiger partial charge in [0.25, 0.3) is 0 Å². The van der Waals surface area contributed by atoms with E-state index in [4.69, 9.17) is 4.74 Å². The van der Waals surface area contributed by atoms with Gasteiger partial charge in [-0.2, -0.15) is 0 Å². The molecule has 0 atom stereocenters. The third-order valence-corrected chi connectivity index (χ3v) is 4.55. The fraction of sp³-hybridized carbons (Fsp3) is 0.667. The Bertz CT molecular complexity index is 604. The highest BCUT2D eigenvalue weighted by atomic mass is 16.5. The minimum absolute atomic E-state index is 0.0453. The van der Waals surface area contributed by atoms with E-state index in [0.717, 1.165) is 31.1 Å². The smallest absolute Gasteiger partial charge is 0.239 e. The molecule has 0 radical (unpaired) electrons. The summed E-state index contributed by atoms with van der Waals surface area (Å²) in [4.78, 5) is 26.5. The van der Waals surface area contributed by atoms with Crippen LogP contribution in [0.5, 0.6) is 5.75 Å². The van der Waals surface area contributed by atoms with Crippen molar-refractivity contribution in [1.82, 2.24) is 14.8 Å². The molecular formula is C18H29N3O3. The van der Waals surface area contributed by atoms with Gasteiger partial charge in [-0.3, -0.25) is 14.5 Å². The van der Waals surface area contributed by atoms with Gasteiger partial charge in [0.1, 0.15) is 6.54 Å². The topological polar surface area (TPSA) is 63.6 Å². The zero-order chi connectivity index (χ0) is 17.5. The molecule has 24 heavy (non-hydrogen) atoms. The second-order valence-electron chi connectivity index (χ2n) is 6.63. The van der Waals surface area contributed by atoms with Gasteiger partial charge in [-0.15, -0.1) is 0 Å². The van der Waals surface area contributed by atoms with E-state index in [1.807, 2.05) is 11.5 Å². The van der Waals surface area contributed by atoms with Gasteiger partial charge >= 0.3 is 0 Å². The van der Waals surface area contributed by atoms with Gasteiger partial charge in [0.05, 0.1) is 13.3 Å². The second kappa shape index (κ2) is 8.87. The van der Waals surface area contributed by atoms with Crippen LogP contribution in [-0.4, -0.2) is 42.1 Å². The van der Waals surface area contributed by atoms with Crippen LogP contribution in [0.1, 0.15) is 38.8 Å². The number of hydrogen-bond donors (Lipinski definition) is 1. The predicted molar refractivity (Wildman–Crippen MR) is 94.2 cm³/mol. The van der Waals surface area contributed by atoms with Gasteiger partial charge in [0.2, 0.25) is 11.3 Å². The lowest BCUT2D eigenvalue weighted by Gasteiger charge is -2.31. The molecular weight excluding hydrogens is 306 g/mol. The molecule has 1 saturated heterocycles. The molecule has 1 aromatic heterocycles. The normalized spacial score (nSPS) is 16.1. The number of aromatic nitrogens is 1. The number of likely N-dealkylation sites (tertiary alicyclic amines) is 1. The molecule has 1 aliphatic heterocycles. The van der Waals surface area contributed by atoms with E-state index in [1.165, 1.54) is 20.0 Å². The van der Waals surface area contributed by atoms with E-state index in [0.29, 0.717) is 13.1 Å². The molecule has 0 aromatic carbocycles. The molecule has 6 nitrogen and oxygen atoms in total. The number of methoxy groups -OCH3 is 1. The molecule has 1 N–H and O–H groups in total. The highest BCUT2D eigenvalue weighted by molar-refractivity contribution is 5.75. The van der Waals surface area contributed by atoms with Crippen LogP contribution in [0.25, 0.3) is 0 Å². The Hall–Kier alpha value is -1.82. The molecule has 0 spiro atoms. The van der Waals surface area contributed by atoms with Gasteiger partial charge < -0.3 is 14.6 Å². The number of hydrogen-bond acceptors (Lipinski definition) is 4. The van der Waals surface area contributed by atoms with E-state index < -0.39 is 0 Å².